The zero-order chi connectivity index (χ0) is 9.56. The highest BCUT2D eigenvalue weighted by Crippen LogP contribution is 2.03. The van der Waals surface area contributed by atoms with E-state index in [1.54, 1.807) is 6.92 Å². The number of aliphatic carboxylic acids is 1. The fourth-order valence-corrected chi connectivity index (χ4v) is 0.743. The van der Waals surface area contributed by atoms with Gasteiger partial charge in [0.25, 0.3) is 0 Å². The van der Waals surface area contributed by atoms with Crippen molar-refractivity contribution in [3.8, 4) is 0 Å². The molecule has 70 valence electrons. The molecule has 0 aromatic rings. The number of urea groups is 1. The molecule has 0 fully saturated rings. The highest BCUT2D eigenvalue weighted by molar-refractivity contribution is 5.71. The molecule has 0 bridgehead atoms. The van der Waals surface area contributed by atoms with Crippen LogP contribution >= 0.6 is 0 Å². The number of carbonyl (C=O) groups is 2. The van der Waals surface area contributed by atoms with Crippen LogP contribution in [-0.4, -0.2) is 23.7 Å². The van der Waals surface area contributed by atoms with Crippen molar-refractivity contribution < 1.29 is 14.7 Å². The van der Waals surface area contributed by atoms with Crippen molar-refractivity contribution in [1.29, 1.82) is 0 Å². The maximum atomic E-state index is 10.3. The molecule has 12 heavy (non-hydrogen) atoms. The SMILES string of the molecule is CC(CCCNC(N)=O)C(=O)O. The topological polar surface area (TPSA) is 92.4 Å². The van der Waals surface area contributed by atoms with E-state index in [-0.39, 0.29) is 5.92 Å². The number of hydrogen-bond donors (Lipinski definition) is 3. The van der Waals surface area contributed by atoms with Gasteiger partial charge in [-0.25, -0.2) is 4.79 Å². The van der Waals surface area contributed by atoms with Crippen molar-refractivity contribution in [3.05, 3.63) is 0 Å². The van der Waals surface area contributed by atoms with Crippen LogP contribution < -0.4 is 11.1 Å². The minimum Gasteiger partial charge on any atom is -0.481 e. The summed E-state index contributed by atoms with van der Waals surface area (Å²) in [4.78, 5) is 20.5. The molecule has 2 amide bonds. The van der Waals surface area contributed by atoms with E-state index in [9.17, 15) is 9.59 Å². The van der Waals surface area contributed by atoms with Crippen LogP contribution in [-0.2, 0) is 4.79 Å². The summed E-state index contributed by atoms with van der Waals surface area (Å²) in [5.74, 6) is -1.17. The van der Waals surface area contributed by atoms with Crippen LogP contribution in [0.15, 0.2) is 0 Å². The Morgan fingerprint density at radius 2 is 2.17 bits per heavy atom. The molecule has 0 aliphatic rings. The fraction of sp³-hybridized carbons (Fsp3) is 0.714. The Hall–Kier alpha value is -1.26. The summed E-state index contributed by atoms with van der Waals surface area (Å²) in [6.45, 7) is 2.07. The van der Waals surface area contributed by atoms with Crippen LogP contribution in [0, 0.1) is 5.92 Å². The average molecular weight is 174 g/mol. The zero-order valence-electron chi connectivity index (χ0n) is 7.04. The zero-order valence-corrected chi connectivity index (χ0v) is 7.04. The second-order valence-corrected chi connectivity index (χ2v) is 2.67. The lowest BCUT2D eigenvalue weighted by atomic mass is 10.1. The van der Waals surface area contributed by atoms with Crippen molar-refractivity contribution in [2.45, 2.75) is 19.8 Å². The fourth-order valence-electron chi connectivity index (χ4n) is 0.743. The number of carboxylic acids is 1. The standard InChI is InChI=1S/C7H14N2O3/c1-5(6(10)11)3-2-4-9-7(8)12/h5H,2-4H2,1H3,(H,10,11)(H3,8,9,12). The molecular formula is C7H14N2O3. The summed E-state index contributed by atoms with van der Waals surface area (Å²) >= 11 is 0. The maximum absolute atomic E-state index is 10.3. The number of hydrogen-bond acceptors (Lipinski definition) is 2. The predicted octanol–water partition coefficient (Wildman–Crippen LogP) is 0.156. The third-order valence-corrected chi connectivity index (χ3v) is 1.53. The quantitative estimate of drug-likeness (QED) is 0.518. The first-order valence-corrected chi connectivity index (χ1v) is 3.80. The molecule has 0 spiro atoms. The molecule has 0 heterocycles. The molecule has 0 rings (SSSR count). The van der Waals surface area contributed by atoms with Crippen molar-refractivity contribution in [2.75, 3.05) is 6.54 Å². The summed E-state index contributed by atoms with van der Waals surface area (Å²) in [6, 6.07) is -0.571. The van der Waals surface area contributed by atoms with Gasteiger partial charge in [0.15, 0.2) is 0 Å². The van der Waals surface area contributed by atoms with E-state index >= 15 is 0 Å². The molecule has 0 saturated heterocycles. The normalized spacial score (nSPS) is 12.1. The first kappa shape index (κ1) is 10.7. The largest absolute Gasteiger partial charge is 0.481 e. The van der Waals surface area contributed by atoms with Crippen LogP contribution in [0.1, 0.15) is 19.8 Å². The summed E-state index contributed by atoms with van der Waals surface area (Å²) in [5, 5.41) is 10.9. The minimum absolute atomic E-state index is 0.361. The Labute approximate surface area is 70.9 Å². The van der Waals surface area contributed by atoms with Crippen LogP contribution in [0.2, 0.25) is 0 Å². The molecule has 1 unspecified atom stereocenters. The second-order valence-electron chi connectivity index (χ2n) is 2.67. The van der Waals surface area contributed by atoms with Gasteiger partial charge in [-0.05, 0) is 12.8 Å². The number of amides is 2. The molecule has 0 aromatic heterocycles. The molecule has 1 atom stereocenters. The van der Waals surface area contributed by atoms with Crippen molar-refractivity contribution >= 4 is 12.0 Å². The summed E-state index contributed by atoms with van der Waals surface area (Å²) in [5.41, 5.74) is 4.80. The molecule has 0 aliphatic heterocycles. The number of primary amides is 1. The molecule has 0 aliphatic carbocycles. The van der Waals surface area contributed by atoms with Crippen molar-refractivity contribution in [3.63, 3.8) is 0 Å². The smallest absolute Gasteiger partial charge is 0.312 e. The van der Waals surface area contributed by atoms with Crippen LogP contribution in [0.4, 0.5) is 4.79 Å². The first-order chi connectivity index (χ1) is 5.54. The Morgan fingerprint density at radius 1 is 1.58 bits per heavy atom. The third kappa shape index (κ3) is 5.52. The number of nitrogens with one attached hydrogen (secondary N) is 1. The molecule has 0 aromatic carbocycles. The van der Waals surface area contributed by atoms with Gasteiger partial charge < -0.3 is 16.2 Å². The lowest BCUT2D eigenvalue weighted by Crippen LogP contribution is -2.30. The number of carbonyl (C=O) groups excluding carboxylic acids is 1. The van der Waals surface area contributed by atoms with E-state index in [0.29, 0.717) is 19.4 Å². The van der Waals surface area contributed by atoms with E-state index in [2.05, 4.69) is 5.32 Å². The number of nitrogens with two attached hydrogens (primary N) is 1. The Bertz CT molecular complexity index is 170. The van der Waals surface area contributed by atoms with Crippen LogP contribution in [0.25, 0.3) is 0 Å². The van der Waals surface area contributed by atoms with E-state index < -0.39 is 12.0 Å². The third-order valence-electron chi connectivity index (χ3n) is 1.53. The monoisotopic (exact) mass is 174 g/mol. The van der Waals surface area contributed by atoms with Crippen LogP contribution in [0.3, 0.4) is 0 Å². The highest BCUT2D eigenvalue weighted by Gasteiger charge is 2.09. The average Bonchev–Trinajstić information content (AvgIpc) is 1.97. The van der Waals surface area contributed by atoms with Gasteiger partial charge in [-0.1, -0.05) is 6.92 Å². The Kier molecular flexibility index (Phi) is 4.83. The highest BCUT2D eigenvalue weighted by atomic mass is 16.4. The Balaban J connectivity index is 3.31. The number of rotatable bonds is 5. The molecular weight excluding hydrogens is 160 g/mol. The van der Waals surface area contributed by atoms with Gasteiger partial charge in [0.2, 0.25) is 0 Å². The molecule has 0 radical (unpaired) electrons. The maximum Gasteiger partial charge on any atom is 0.312 e. The van der Waals surface area contributed by atoms with Gasteiger partial charge in [-0.2, -0.15) is 0 Å². The van der Waals surface area contributed by atoms with Crippen molar-refractivity contribution in [1.82, 2.24) is 5.32 Å². The minimum atomic E-state index is -0.811. The summed E-state index contributed by atoms with van der Waals surface area (Å²) in [7, 11) is 0. The number of carboxylic acid groups (broad SMARTS) is 1. The van der Waals surface area contributed by atoms with Gasteiger partial charge in [0.1, 0.15) is 0 Å². The van der Waals surface area contributed by atoms with Gasteiger partial charge in [0, 0.05) is 6.54 Å². The summed E-state index contributed by atoms with van der Waals surface area (Å²) in [6.07, 6.45) is 1.19. The lowest BCUT2D eigenvalue weighted by molar-refractivity contribution is -0.141. The van der Waals surface area contributed by atoms with Gasteiger partial charge in [-0.15, -0.1) is 0 Å². The van der Waals surface area contributed by atoms with E-state index in [1.807, 2.05) is 0 Å². The van der Waals surface area contributed by atoms with Gasteiger partial charge in [-0.3, -0.25) is 4.79 Å². The van der Waals surface area contributed by atoms with E-state index in [1.165, 1.54) is 0 Å². The second kappa shape index (κ2) is 5.40. The van der Waals surface area contributed by atoms with E-state index in [4.69, 9.17) is 10.8 Å². The molecule has 5 heteroatoms. The van der Waals surface area contributed by atoms with Gasteiger partial charge in [0.05, 0.1) is 5.92 Å². The molecule has 4 N–H and O–H groups in total. The van der Waals surface area contributed by atoms with Crippen molar-refractivity contribution in [2.24, 2.45) is 11.7 Å². The lowest BCUT2D eigenvalue weighted by Gasteiger charge is -2.05. The van der Waals surface area contributed by atoms with E-state index in [0.717, 1.165) is 0 Å². The van der Waals surface area contributed by atoms with Gasteiger partial charge >= 0.3 is 12.0 Å². The first-order valence-electron chi connectivity index (χ1n) is 3.80. The van der Waals surface area contributed by atoms with Crippen LogP contribution in [0.5, 0.6) is 0 Å². The Morgan fingerprint density at radius 3 is 2.58 bits per heavy atom. The molecule has 0 saturated carbocycles. The predicted molar refractivity (Wildman–Crippen MR) is 43.6 cm³/mol. The molecule has 5 nitrogen and oxygen atoms in total. The summed E-state index contributed by atoms with van der Waals surface area (Å²) < 4.78 is 0.